The van der Waals surface area contributed by atoms with Crippen LogP contribution in [0.3, 0.4) is 0 Å². The van der Waals surface area contributed by atoms with Crippen molar-refractivity contribution in [3.8, 4) is 0 Å². The SMILES string of the molecule is NC(=O)N[C@]1(C(=O)[C@H](O)c2ccccc2)CCNC1. The molecule has 2 rings (SSSR count). The van der Waals surface area contributed by atoms with Gasteiger partial charge in [0.2, 0.25) is 0 Å². The average molecular weight is 263 g/mol. The number of hydrogen-bond donors (Lipinski definition) is 4. The molecule has 0 unspecified atom stereocenters. The molecule has 102 valence electrons. The Morgan fingerprint density at radius 3 is 2.58 bits per heavy atom. The van der Waals surface area contributed by atoms with Crippen LogP contribution < -0.4 is 16.4 Å². The van der Waals surface area contributed by atoms with E-state index < -0.39 is 23.5 Å². The fraction of sp³-hybridized carbons (Fsp3) is 0.385. The zero-order chi connectivity index (χ0) is 13.9. The summed E-state index contributed by atoms with van der Waals surface area (Å²) in [6, 6.07) is 7.86. The number of benzene rings is 1. The molecule has 2 atom stereocenters. The second-order valence-electron chi connectivity index (χ2n) is 4.68. The molecule has 1 aromatic rings. The summed E-state index contributed by atoms with van der Waals surface area (Å²) in [5, 5.41) is 15.6. The number of carbonyl (C=O) groups is 2. The van der Waals surface area contributed by atoms with Gasteiger partial charge in [-0.2, -0.15) is 0 Å². The second kappa shape index (κ2) is 5.38. The fourth-order valence-electron chi connectivity index (χ4n) is 2.35. The van der Waals surface area contributed by atoms with Crippen molar-refractivity contribution in [3.05, 3.63) is 35.9 Å². The molecule has 2 amide bonds. The normalized spacial score (nSPS) is 23.8. The number of primary amides is 1. The van der Waals surface area contributed by atoms with Crippen LogP contribution in [0.1, 0.15) is 18.1 Å². The first-order valence-corrected chi connectivity index (χ1v) is 6.11. The third kappa shape index (κ3) is 2.74. The van der Waals surface area contributed by atoms with Gasteiger partial charge in [0.1, 0.15) is 11.6 Å². The molecule has 0 saturated carbocycles. The van der Waals surface area contributed by atoms with E-state index in [4.69, 9.17) is 5.73 Å². The van der Waals surface area contributed by atoms with Crippen LogP contribution in [-0.2, 0) is 4.79 Å². The van der Waals surface area contributed by atoms with Crippen molar-refractivity contribution in [3.63, 3.8) is 0 Å². The number of carbonyl (C=O) groups excluding carboxylic acids is 2. The van der Waals surface area contributed by atoms with Gasteiger partial charge in [-0.25, -0.2) is 4.79 Å². The van der Waals surface area contributed by atoms with E-state index in [1.54, 1.807) is 30.3 Å². The van der Waals surface area contributed by atoms with Crippen molar-refractivity contribution in [2.75, 3.05) is 13.1 Å². The van der Waals surface area contributed by atoms with Gasteiger partial charge in [0.05, 0.1) is 0 Å². The van der Waals surface area contributed by atoms with E-state index in [-0.39, 0.29) is 6.54 Å². The molecule has 6 nitrogen and oxygen atoms in total. The third-order valence-electron chi connectivity index (χ3n) is 3.35. The van der Waals surface area contributed by atoms with Crippen molar-refractivity contribution in [2.24, 2.45) is 5.73 Å². The molecule has 0 spiro atoms. The number of nitrogens with two attached hydrogens (primary N) is 1. The lowest BCUT2D eigenvalue weighted by atomic mass is 9.87. The molecule has 6 heteroatoms. The van der Waals surface area contributed by atoms with Gasteiger partial charge >= 0.3 is 6.03 Å². The molecule has 1 heterocycles. The van der Waals surface area contributed by atoms with Crippen LogP contribution in [-0.4, -0.2) is 35.5 Å². The minimum atomic E-state index is -1.27. The molecule has 1 aromatic carbocycles. The summed E-state index contributed by atoms with van der Waals surface area (Å²) in [6.45, 7) is 0.867. The smallest absolute Gasteiger partial charge is 0.313 e. The molecule has 1 aliphatic heterocycles. The van der Waals surface area contributed by atoms with Gasteiger partial charge in [0.25, 0.3) is 0 Å². The fourth-order valence-corrected chi connectivity index (χ4v) is 2.35. The zero-order valence-electron chi connectivity index (χ0n) is 10.4. The standard InChI is InChI=1S/C13H17N3O3/c14-12(19)16-13(6-7-15-8-13)11(18)10(17)9-4-2-1-3-5-9/h1-5,10,15,17H,6-8H2,(H3,14,16,19)/t10-,13-/m1/s1. The first-order chi connectivity index (χ1) is 9.05. The minimum Gasteiger partial charge on any atom is -0.380 e. The highest BCUT2D eigenvalue weighted by atomic mass is 16.3. The summed E-state index contributed by atoms with van der Waals surface area (Å²) >= 11 is 0. The summed E-state index contributed by atoms with van der Waals surface area (Å²) in [6.07, 6.45) is -0.855. The predicted molar refractivity (Wildman–Crippen MR) is 69.3 cm³/mol. The van der Waals surface area contributed by atoms with Crippen molar-refractivity contribution in [1.29, 1.82) is 0 Å². The molecule has 0 radical (unpaired) electrons. The highest BCUT2D eigenvalue weighted by molar-refractivity contribution is 5.96. The van der Waals surface area contributed by atoms with E-state index in [9.17, 15) is 14.7 Å². The minimum absolute atomic E-state index is 0.276. The summed E-state index contributed by atoms with van der Waals surface area (Å²) in [7, 11) is 0. The molecule has 1 fully saturated rings. The van der Waals surface area contributed by atoms with Gasteiger partial charge < -0.3 is 21.5 Å². The Balaban J connectivity index is 2.23. The number of aliphatic hydroxyl groups excluding tert-OH is 1. The predicted octanol–water partition coefficient (Wildman–Crippen LogP) is -0.311. The van der Waals surface area contributed by atoms with Crippen molar-refractivity contribution >= 4 is 11.8 Å². The van der Waals surface area contributed by atoms with Crippen LogP contribution in [0.15, 0.2) is 30.3 Å². The quantitative estimate of drug-likeness (QED) is 0.598. The van der Waals surface area contributed by atoms with Crippen molar-refractivity contribution in [2.45, 2.75) is 18.1 Å². The molecule has 5 N–H and O–H groups in total. The highest BCUT2D eigenvalue weighted by Gasteiger charge is 2.45. The number of Topliss-reactive ketones (excluding diaryl/α,β-unsaturated/α-hetero) is 1. The molecule has 0 bridgehead atoms. The first-order valence-electron chi connectivity index (χ1n) is 6.11. The van der Waals surface area contributed by atoms with Gasteiger partial charge in [0.15, 0.2) is 5.78 Å². The highest BCUT2D eigenvalue weighted by Crippen LogP contribution is 2.25. The number of aliphatic hydroxyl groups is 1. The van der Waals surface area contributed by atoms with Crippen molar-refractivity contribution < 1.29 is 14.7 Å². The number of nitrogens with one attached hydrogen (secondary N) is 2. The molecule has 19 heavy (non-hydrogen) atoms. The van der Waals surface area contributed by atoms with E-state index in [2.05, 4.69) is 10.6 Å². The van der Waals surface area contributed by atoms with Gasteiger partial charge in [-0.3, -0.25) is 4.79 Å². The van der Waals surface area contributed by atoms with Crippen LogP contribution in [0, 0.1) is 0 Å². The van der Waals surface area contributed by atoms with Gasteiger partial charge in [-0.05, 0) is 18.5 Å². The largest absolute Gasteiger partial charge is 0.380 e. The molecule has 0 aromatic heterocycles. The average Bonchev–Trinajstić information content (AvgIpc) is 2.87. The Bertz CT molecular complexity index is 469. The van der Waals surface area contributed by atoms with E-state index in [1.807, 2.05) is 0 Å². The summed E-state index contributed by atoms with van der Waals surface area (Å²) < 4.78 is 0. The Morgan fingerprint density at radius 2 is 2.05 bits per heavy atom. The molecule has 0 aliphatic carbocycles. The number of hydrogen-bond acceptors (Lipinski definition) is 4. The van der Waals surface area contributed by atoms with Crippen molar-refractivity contribution in [1.82, 2.24) is 10.6 Å². The molecular weight excluding hydrogens is 246 g/mol. The van der Waals surface area contributed by atoms with Gasteiger partial charge in [-0.1, -0.05) is 30.3 Å². The Kier molecular flexibility index (Phi) is 3.82. The van der Waals surface area contributed by atoms with E-state index >= 15 is 0 Å². The van der Waals surface area contributed by atoms with Crippen LogP contribution in [0.25, 0.3) is 0 Å². The summed E-state index contributed by atoms with van der Waals surface area (Å²) in [4.78, 5) is 23.5. The maximum atomic E-state index is 12.4. The lowest BCUT2D eigenvalue weighted by Gasteiger charge is -2.29. The Morgan fingerprint density at radius 1 is 1.37 bits per heavy atom. The maximum absolute atomic E-state index is 12.4. The molecule has 1 saturated heterocycles. The molecular formula is C13H17N3O3. The number of ketones is 1. The van der Waals surface area contributed by atoms with E-state index in [0.29, 0.717) is 18.5 Å². The Hall–Kier alpha value is -1.92. The lowest BCUT2D eigenvalue weighted by Crippen LogP contribution is -2.58. The van der Waals surface area contributed by atoms with Gasteiger partial charge in [-0.15, -0.1) is 0 Å². The summed E-state index contributed by atoms with van der Waals surface area (Å²) in [5.74, 6) is -0.442. The monoisotopic (exact) mass is 263 g/mol. The van der Waals surface area contributed by atoms with Crippen LogP contribution in [0.4, 0.5) is 4.79 Å². The lowest BCUT2D eigenvalue weighted by molar-refractivity contribution is -0.133. The topological polar surface area (TPSA) is 104 Å². The number of urea groups is 1. The van der Waals surface area contributed by atoms with E-state index in [0.717, 1.165) is 0 Å². The Labute approximate surface area is 111 Å². The summed E-state index contributed by atoms with van der Waals surface area (Å²) in [5.41, 5.74) is 4.50. The second-order valence-corrected chi connectivity index (χ2v) is 4.68. The number of rotatable bonds is 4. The molecule has 1 aliphatic rings. The van der Waals surface area contributed by atoms with Crippen LogP contribution in [0.5, 0.6) is 0 Å². The number of amides is 2. The van der Waals surface area contributed by atoms with Crippen LogP contribution >= 0.6 is 0 Å². The van der Waals surface area contributed by atoms with Crippen LogP contribution in [0.2, 0.25) is 0 Å². The maximum Gasteiger partial charge on any atom is 0.313 e. The van der Waals surface area contributed by atoms with Gasteiger partial charge in [0, 0.05) is 6.54 Å². The zero-order valence-corrected chi connectivity index (χ0v) is 10.4. The van der Waals surface area contributed by atoms with E-state index in [1.165, 1.54) is 0 Å². The first kappa shape index (κ1) is 13.5. The third-order valence-corrected chi connectivity index (χ3v) is 3.35.